The Hall–Kier alpha value is -2.94. The number of nitrogens with one attached hydrogen (secondary N) is 1. The molecule has 1 fully saturated rings. The standard InChI is InChI=1S/C20H22N6O2S/c1-25(20-17-5-6-21-19(17)22-12-23-20)15-7-13(8-15)11-29(27,28)16-4-3-14-10-24-26(2)18(14)9-16/h3-6,9-10,12-13,15H,7-8,11H2,1-2H3,(H,21,22,23)/t13-,15+. The lowest BCUT2D eigenvalue weighted by atomic mass is 9.81. The van der Waals surface area contributed by atoms with Gasteiger partial charge in [-0.05, 0) is 43.0 Å². The van der Waals surface area contributed by atoms with E-state index in [0.717, 1.165) is 40.6 Å². The highest BCUT2D eigenvalue weighted by Crippen LogP contribution is 2.36. The molecule has 3 aromatic heterocycles. The maximum Gasteiger partial charge on any atom is 0.178 e. The summed E-state index contributed by atoms with van der Waals surface area (Å²) in [6.07, 6.45) is 6.82. The Morgan fingerprint density at radius 1 is 1.24 bits per heavy atom. The van der Waals surface area contributed by atoms with E-state index in [2.05, 4.69) is 25.0 Å². The Morgan fingerprint density at radius 3 is 2.90 bits per heavy atom. The predicted molar refractivity (Wildman–Crippen MR) is 112 cm³/mol. The molecule has 3 heterocycles. The monoisotopic (exact) mass is 410 g/mol. The zero-order valence-corrected chi connectivity index (χ0v) is 17.1. The summed E-state index contributed by atoms with van der Waals surface area (Å²) in [6.45, 7) is 0. The third-order valence-corrected chi connectivity index (χ3v) is 7.84. The fraction of sp³-hybridized carbons (Fsp3) is 0.350. The van der Waals surface area contributed by atoms with Crippen LogP contribution in [0.1, 0.15) is 12.8 Å². The summed E-state index contributed by atoms with van der Waals surface area (Å²) < 4.78 is 27.6. The number of aromatic nitrogens is 5. The summed E-state index contributed by atoms with van der Waals surface area (Å²) in [6, 6.07) is 7.48. The van der Waals surface area contributed by atoms with Crippen molar-refractivity contribution in [2.24, 2.45) is 13.0 Å². The number of fused-ring (bicyclic) bond motifs is 2. The molecule has 0 spiro atoms. The van der Waals surface area contributed by atoms with Crippen LogP contribution in [0.15, 0.2) is 47.9 Å². The number of H-pyrrole nitrogens is 1. The predicted octanol–water partition coefficient (Wildman–Crippen LogP) is 2.53. The third-order valence-electron chi connectivity index (χ3n) is 5.96. The summed E-state index contributed by atoms with van der Waals surface area (Å²) >= 11 is 0. The second-order valence-corrected chi connectivity index (χ2v) is 9.84. The Labute approximate surface area is 168 Å². The van der Waals surface area contributed by atoms with Gasteiger partial charge in [-0.1, -0.05) is 0 Å². The average Bonchev–Trinajstić information content (AvgIpc) is 3.30. The first kappa shape index (κ1) is 18.1. The zero-order chi connectivity index (χ0) is 20.2. The second kappa shape index (κ2) is 6.55. The average molecular weight is 411 g/mol. The number of hydrogen-bond acceptors (Lipinski definition) is 6. The molecule has 9 heteroatoms. The summed E-state index contributed by atoms with van der Waals surface area (Å²) in [7, 11) is 0.497. The molecule has 0 amide bonds. The molecule has 4 aromatic rings. The van der Waals surface area contributed by atoms with Gasteiger partial charge in [-0.15, -0.1) is 0 Å². The van der Waals surface area contributed by atoms with Crippen LogP contribution in [0, 0.1) is 5.92 Å². The van der Waals surface area contributed by atoms with E-state index in [1.54, 1.807) is 29.3 Å². The fourth-order valence-electron chi connectivity index (χ4n) is 4.19. The molecule has 0 radical (unpaired) electrons. The van der Waals surface area contributed by atoms with Crippen LogP contribution in [-0.4, -0.2) is 52.0 Å². The van der Waals surface area contributed by atoms with E-state index in [-0.39, 0.29) is 17.7 Å². The van der Waals surface area contributed by atoms with E-state index < -0.39 is 9.84 Å². The molecule has 1 aliphatic rings. The first-order valence-electron chi connectivity index (χ1n) is 9.58. The highest BCUT2D eigenvalue weighted by Gasteiger charge is 2.36. The number of sulfone groups is 1. The van der Waals surface area contributed by atoms with Crippen molar-refractivity contribution in [2.75, 3.05) is 17.7 Å². The molecule has 0 saturated heterocycles. The van der Waals surface area contributed by atoms with Crippen LogP contribution < -0.4 is 4.90 Å². The Kier molecular flexibility index (Phi) is 4.09. The maximum atomic E-state index is 12.9. The highest BCUT2D eigenvalue weighted by atomic mass is 32.2. The quantitative estimate of drug-likeness (QED) is 0.543. The minimum Gasteiger partial charge on any atom is -0.356 e. The van der Waals surface area contributed by atoms with Crippen LogP contribution in [0.25, 0.3) is 21.9 Å². The van der Waals surface area contributed by atoms with E-state index in [1.807, 2.05) is 32.4 Å². The molecule has 29 heavy (non-hydrogen) atoms. The molecule has 8 nitrogen and oxygen atoms in total. The van der Waals surface area contributed by atoms with Gasteiger partial charge in [0.05, 0.1) is 27.7 Å². The van der Waals surface area contributed by atoms with Crippen molar-refractivity contribution in [2.45, 2.75) is 23.8 Å². The topological polar surface area (TPSA) is 96.8 Å². The number of nitrogens with zero attached hydrogens (tertiary/aromatic N) is 5. The second-order valence-electron chi connectivity index (χ2n) is 7.81. The molecule has 1 aliphatic carbocycles. The van der Waals surface area contributed by atoms with Crippen LogP contribution >= 0.6 is 0 Å². The Balaban J connectivity index is 1.29. The lowest BCUT2D eigenvalue weighted by Gasteiger charge is -2.41. The maximum absolute atomic E-state index is 12.9. The smallest absolute Gasteiger partial charge is 0.178 e. The zero-order valence-electron chi connectivity index (χ0n) is 16.3. The number of rotatable bonds is 5. The number of hydrogen-bond donors (Lipinski definition) is 1. The molecule has 150 valence electrons. The van der Waals surface area contributed by atoms with Crippen molar-refractivity contribution in [3.05, 3.63) is 43.0 Å². The summed E-state index contributed by atoms with van der Waals surface area (Å²) in [4.78, 5) is 14.3. The van der Waals surface area contributed by atoms with Gasteiger partial charge in [0.25, 0.3) is 0 Å². The van der Waals surface area contributed by atoms with Crippen LogP contribution in [0.5, 0.6) is 0 Å². The fourth-order valence-corrected chi connectivity index (χ4v) is 5.84. The molecule has 1 N–H and O–H groups in total. The normalized spacial score (nSPS) is 19.5. The lowest BCUT2D eigenvalue weighted by Crippen LogP contribution is -2.45. The van der Waals surface area contributed by atoms with Crippen molar-refractivity contribution < 1.29 is 8.42 Å². The van der Waals surface area contributed by atoms with Crippen molar-refractivity contribution in [3.8, 4) is 0 Å². The number of aryl methyl sites for hydroxylation is 1. The Bertz CT molecular complexity index is 1300. The minimum atomic E-state index is -3.34. The minimum absolute atomic E-state index is 0.151. The van der Waals surface area contributed by atoms with E-state index in [4.69, 9.17) is 0 Å². The van der Waals surface area contributed by atoms with Crippen LogP contribution in [0.4, 0.5) is 5.82 Å². The molecule has 1 saturated carbocycles. The molecular formula is C20H22N6O2S. The first-order chi connectivity index (χ1) is 13.9. The van der Waals surface area contributed by atoms with Gasteiger partial charge in [0.15, 0.2) is 9.84 Å². The summed E-state index contributed by atoms with van der Waals surface area (Å²) in [5.41, 5.74) is 1.64. The molecule has 1 aromatic carbocycles. The van der Waals surface area contributed by atoms with E-state index in [0.29, 0.717) is 4.90 Å². The van der Waals surface area contributed by atoms with Gasteiger partial charge in [0.2, 0.25) is 0 Å². The summed E-state index contributed by atoms with van der Waals surface area (Å²) in [5.74, 6) is 1.20. The molecule has 0 unspecified atom stereocenters. The number of benzene rings is 1. The van der Waals surface area contributed by atoms with Crippen molar-refractivity contribution in [1.82, 2.24) is 24.7 Å². The van der Waals surface area contributed by atoms with Gasteiger partial charge in [-0.3, -0.25) is 4.68 Å². The van der Waals surface area contributed by atoms with Crippen molar-refractivity contribution in [1.29, 1.82) is 0 Å². The third kappa shape index (κ3) is 3.05. The lowest BCUT2D eigenvalue weighted by molar-refractivity contribution is 0.282. The number of aromatic amines is 1. The molecule has 0 bridgehead atoms. The largest absolute Gasteiger partial charge is 0.356 e. The molecule has 0 aliphatic heterocycles. The molecular weight excluding hydrogens is 388 g/mol. The SMILES string of the molecule is Cn1ncc2ccc(S(=O)(=O)C[C@H]3C[C@@H](N(C)c4ncnc5[nH]ccc45)C3)cc21. The van der Waals surface area contributed by atoms with Gasteiger partial charge < -0.3 is 9.88 Å². The van der Waals surface area contributed by atoms with E-state index in [1.165, 1.54) is 0 Å². The Morgan fingerprint density at radius 2 is 2.07 bits per heavy atom. The highest BCUT2D eigenvalue weighted by molar-refractivity contribution is 7.91. The van der Waals surface area contributed by atoms with Crippen LogP contribution in [-0.2, 0) is 16.9 Å². The van der Waals surface area contributed by atoms with Gasteiger partial charge in [-0.25, -0.2) is 18.4 Å². The van der Waals surface area contributed by atoms with Crippen LogP contribution in [0.3, 0.4) is 0 Å². The van der Waals surface area contributed by atoms with Crippen molar-refractivity contribution in [3.63, 3.8) is 0 Å². The van der Waals surface area contributed by atoms with E-state index >= 15 is 0 Å². The van der Waals surface area contributed by atoms with Gasteiger partial charge in [-0.2, -0.15) is 5.10 Å². The van der Waals surface area contributed by atoms with Gasteiger partial charge in [0.1, 0.15) is 17.8 Å². The molecule has 5 rings (SSSR count). The first-order valence-corrected chi connectivity index (χ1v) is 11.2. The van der Waals surface area contributed by atoms with Gasteiger partial charge >= 0.3 is 0 Å². The van der Waals surface area contributed by atoms with Crippen LogP contribution in [0.2, 0.25) is 0 Å². The summed E-state index contributed by atoms with van der Waals surface area (Å²) in [5, 5.41) is 6.11. The van der Waals surface area contributed by atoms with E-state index in [9.17, 15) is 8.42 Å². The van der Waals surface area contributed by atoms with Gasteiger partial charge in [0, 0.05) is 31.7 Å². The van der Waals surface area contributed by atoms with Crippen molar-refractivity contribution >= 4 is 37.6 Å². The molecule has 0 atom stereocenters. The number of anilines is 1.